The molecule has 0 amide bonds. The molecule has 0 saturated carbocycles. The Morgan fingerprint density at radius 3 is 2.31 bits per heavy atom. The SMILES string of the molecule is Cc1nc(-c2ccc([N+](=O)[O-])cc2)nc2c1C(=O)C(Nc1ccccc1)=CC2=O. The number of benzene rings is 2. The van der Waals surface area contributed by atoms with Crippen molar-refractivity contribution in [1.29, 1.82) is 0 Å². The second kappa shape index (κ2) is 7.08. The van der Waals surface area contributed by atoms with E-state index in [1.54, 1.807) is 19.1 Å². The number of nitro groups is 1. The van der Waals surface area contributed by atoms with Gasteiger partial charge in [-0.2, -0.15) is 0 Å². The number of carbonyl (C=O) groups is 2. The number of Topliss-reactive ketones (excluding diaryl/α,β-unsaturated/α-hetero) is 1. The van der Waals surface area contributed by atoms with Crippen molar-refractivity contribution in [3.8, 4) is 11.4 Å². The van der Waals surface area contributed by atoms with Crippen molar-refractivity contribution in [3.63, 3.8) is 0 Å². The summed E-state index contributed by atoms with van der Waals surface area (Å²) in [6.45, 7) is 1.63. The molecule has 0 spiro atoms. The quantitative estimate of drug-likeness (QED) is 0.536. The van der Waals surface area contributed by atoms with E-state index in [1.807, 2.05) is 18.2 Å². The van der Waals surface area contributed by atoms with E-state index in [0.29, 0.717) is 16.9 Å². The standard InChI is InChI=1S/C21H14N4O4/c1-12-18-19(24-21(22-12)13-7-9-15(10-8-13)25(28)29)17(26)11-16(20(18)27)23-14-5-3-2-4-6-14/h2-11,23H,1H3. The van der Waals surface area contributed by atoms with Gasteiger partial charge in [0.15, 0.2) is 5.82 Å². The number of hydrogen-bond donors (Lipinski definition) is 1. The minimum atomic E-state index is -0.503. The maximum absolute atomic E-state index is 12.9. The number of anilines is 1. The molecule has 2 aromatic carbocycles. The van der Waals surface area contributed by atoms with E-state index in [2.05, 4.69) is 15.3 Å². The molecule has 29 heavy (non-hydrogen) atoms. The van der Waals surface area contributed by atoms with Crippen molar-refractivity contribution < 1.29 is 14.5 Å². The number of para-hydroxylation sites is 1. The van der Waals surface area contributed by atoms with Gasteiger partial charge in [0.2, 0.25) is 11.6 Å². The highest BCUT2D eigenvalue weighted by Crippen LogP contribution is 2.27. The summed E-state index contributed by atoms with van der Waals surface area (Å²) >= 11 is 0. The second-order valence-electron chi connectivity index (χ2n) is 6.40. The van der Waals surface area contributed by atoms with Crippen LogP contribution in [0.1, 0.15) is 26.5 Å². The summed E-state index contributed by atoms with van der Waals surface area (Å²) in [4.78, 5) is 44.5. The molecular formula is C21H14N4O4. The maximum Gasteiger partial charge on any atom is 0.269 e. The van der Waals surface area contributed by atoms with Crippen LogP contribution in [0.15, 0.2) is 66.4 Å². The number of ketones is 2. The van der Waals surface area contributed by atoms with Crippen LogP contribution in [0, 0.1) is 17.0 Å². The molecule has 0 atom stereocenters. The van der Waals surface area contributed by atoms with Gasteiger partial charge in [-0.05, 0) is 31.2 Å². The van der Waals surface area contributed by atoms with Crippen LogP contribution in [0.2, 0.25) is 0 Å². The first-order valence-electron chi connectivity index (χ1n) is 8.70. The molecule has 0 unspecified atom stereocenters. The molecule has 1 aliphatic carbocycles. The molecule has 8 nitrogen and oxygen atoms in total. The van der Waals surface area contributed by atoms with E-state index >= 15 is 0 Å². The molecule has 8 heteroatoms. The van der Waals surface area contributed by atoms with Crippen LogP contribution in [0.3, 0.4) is 0 Å². The van der Waals surface area contributed by atoms with E-state index in [-0.39, 0.29) is 34.2 Å². The molecule has 1 N–H and O–H groups in total. The number of nitrogens with zero attached hydrogens (tertiary/aromatic N) is 3. The predicted molar refractivity (Wildman–Crippen MR) is 106 cm³/mol. The second-order valence-corrected chi connectivity index (χ2v) is 6.40. The van der Waals surface area contributed by atoms with Gasteiger partial charge in [-0.3, -0.25) is 19.7 Å². The molecule has 0 fully saturated rings. The molecular weight excluding hydrogens is 372 g/mol. The van der Waals surface area contributed by atoms with Crippen LogP contribution in [0.5, 0.6) is 0 Å². The highest BCUT2D eigenvalue weighted by molar-refractivity contribution is 6.25. The van der Waals surface area contributed by atoms with Gasteiger partial charge in [-0.15, -0.1) is 0 Å². The minimum absolute atomic E-state index is 0.0227. The van der Waals surface area contributed by atoms with Crippen molar-refractivity contribution in [1.82, 2.24) is 9.97 Å². The molecule has 0 aliphatic heterocycles. The lowest BCUT2D eigenvalue weighted by Crippen LogP contribution is -2.25. The Morgan fingerprint density at radius 2 is 1.66 bits per heavy atom. The van der Waals surface area contributed by atoms with Crippen LogP contribution < -0.4 is 5.32 Å². The largest absolute Gasteiger partial charge is 0.352 e. The van der Waals surface area contributed by atoms with Crippen LogP contribution in [-0.4, -0.2) is 26.5 Å². The van der Waals surface area contributed by atoms with Gasteiger partial charge in [0.25, 0.3) is 5.69 Å². The maximum atomic E-state index is 12.9. The first kappa shape index (κ1) is 18.2. The van der Waals surface area contributed by atoms with Gasteiger partial charge in [0.1, 0.15) is 5.69 Å². The monoisotopic (exact) mass is 386 g/mol. The smallest absolute Gasteiger partial charge is 0.269 e. The van der Waals surface area contributed by atoms with E-state index in [1.165, 1.54) is 30.3 Å². The van der Waals surface area contributed by atoms with E-state index in [9.17, 15) is 19.7 Å². The summed E-state index contributed by atoms with van der Waals surface area (Å²) < 4.78 is 0. The van der Waals surface area contributed by atoms with Gasteiger partial charge in [0.05, 0.1) is 21.9 Å². The number of fused-ring (bicyclic) bond motifs is 1. The summed E-state index contributed by atoms with van der Waals surface area (Å²) in [5, 5.41) is 13.8. The first-order valence-corrected chi connectivity index (χ1v) is 8.70. The summed E-state index contributed by atoms with van der Waals surface area (Å²) in [5.41, 5.74) is 1.83. The topological polar surface area (TPSA) is 115 Å². The Hall–Kier alpha value is -4.20. The highest BCUT2D eigenvalue weighted by Gasteiger charge is 2.30. The third kappa shape index (κ3) is 3.39. The summed E-state index contributed by atoms with van der Waals surface area (Å²) in [7, 11) is 0. The lowest BCUT2D eigenvalue weighted by molar-refractivity contribution is -0.384. The van der Waals surface area contributed by atoms with E-state index in [0.717, 1.165) is 0 Å². The molecule has 1 heterocycles. The zero-order valence-corrected chi connectivity index (χ0v) is 15.2. The number of carbonyl (C=O) groups excluding carboxylic acids is 2. The van der Waals surface area contributed by atoms with E-state index in [4.69, 9.17) is 0 Å². The zero-order chi connectivity index (χ0) is 20.5. The molecule has 0 bridgehead atoms. The molecule has 4 rings (SSSR count). The Bertz CT molecular complexity index is 1190. The Kier molecular flexibility index (Phi) is 4.44. The number of hydrogen-bond acceptors (Lipinski definition) is 7. The Morgan fingerprint density at radius 1 is 0.966 bits per heavy atom. The average molecular weight is 386 g/mol. The average Bonchev–Trinajstić information content (AvgIpc) is 2.72. The fraction of sp³-hybridized carbons (Fsp3) is 0.0476. The molecule has 1 aromatic heterocycles. The van der Waals surface area contributed by atoms with Crippen molar-refractivity contribution in [2.24, 2.45) is 0 Å². The fourth-order valence-electron chi connectivity index (χ4n) is 3.05. The third-order valence-electron chi connectivity index (χ3n) is 4.46. The Balaban J connectivity index is 1.72. The third-order valence-corrected chi connectivity index (χ3v) is 4.46. The zero-order valence-electron chi connectivity index (χ0n) is 15.2. The Labute approximate surface area is 165 Å². The predicted octanol–water partition coefficient (Wildman–Crippen LogP) is 3.74. The summed E-state index contributed by atoms with van der Waals surface area (Å²) in [6, 6.07) is 14.7. The van der Waals surface area contributed by atoms with Gasteiger partial charge in [-0.1, -0.05) is 18.2 Å². The number of rotatable bonds is 4. The normalized spacial score (nSPS) is 12.9. The number of aromatic nitrogens is 2. The first-order chi connectivity index (χ1) is 13.9. The minimum Gasteiger partial charge on any atom is -0.352 e. The fourth-order valence-corrected chi connectivity index (χ4v) is 3.05. The number of aryl methyl sites for hydroxylation is 1. The van der Waals surface area contributed by atoms with Gasteiger partial charge in [-0.25, -0.2) is 9.97 Å². The van der Waals surface area contributed by atoms with Crippen molar-refractivity contribution in [2.75, 3.05) is 5.32 Å². The lowest BCUT2D eigenvalue weighted by atomic mass is 9.95. The van der Waals surface area contributed by atoms with Crippen LogP contribution in [0.4, 0.5) is 11.4 Å². The molecule has 0 radical (unpaired) electrons. The van der Waals surface area contributed by atoms with Crippen LogP contribution in [0.25, 0.3) is 11.4 Å². The van der Waals surface area contributed by atoms with Crippen molar-refractivity contribution >= 4 is 22.9 Å². The number of nitro benzene ring substituents is 1. The number of nitrogens with one attached hydrogen (secondary N) is 1. The van der Waals surface area contributed by atoms with Gasteiger partial charge >= 0.3 is 0 Å². The van der Waals surface area contributed by atoms with Gasteiger partial charge in [0, 0.05) is 29.5 Å². The van der Waals surface area contributed by atoms with Crippen molar-refractivity contribution in [2.45, 2.75) is 6.92 Å². The molecule has 0 saturated heterocycles. The number of non-ortho nitro benzene ring substituents is 1. The number of allylic oxidation sites excluding steroid dienone is 2. The van der Waals surface area contributed by atoms with Crippen molar-refractivity contribution in [3.05, 3.63) is 93.4 Å². The van der Waals surface area contributed by atoms with Crippen LogP contribution in [-0.2, 0) is 0 Å². The van der Waals surface area contributed by atoms with Crippen LogP contribution >= 0.6 is 0 Å². The molecule has 142 valence electrons. The summed E-state index contributed by atoms with van der Waals surface area (Å²) in [6.07, 6.45) is 1.23. The van der Waals surface area contributed by atoms with Gasteiger partial charge < -0.3 is 5.32 Å². The van der Waals surface area contributed by atoms with E-state index < -0.39 is 10.7 Å². The molecule has 3 aromatic rings. The molecule has 1 aliphatic rings. The summed E-state index contributed by atoms with van der Waals surface area (Å²) in [5.74, 6) is -0.548. The lowest BCUT2D eigenvalue weighted by Gasteiger charge is -2.18. The highest BCUT2D eigenvalue weighted by atomic mass is 16.6.